The Balaban J connectivity index is 1.88. The van der Waals surface area contributed by atoms with Crippen LogP contribution in [0.1, 0.15) is 37.8 Å². The van der Waals surface area contributed by atoms with E-state index in [1.54, 1.807) is 12.1 Å². The van der Waals surface area contributed by atoms with Crippen molar-refractivity contribution in [3.63, 3.8) is 0 Å². The fourth-order valence-electron chi connectivity index (χ4n) is 3.20. The van der Waals surface area contributed by atoms with Gasteiger partial charge in [0.1, 0.15) is 6.61 Å². The highest BCUT2D eigenvalue weighted by molar-refractivity contribution is 8.00. The first-order chi connectivity index (χ1) is 14.4. The minimum atomic E-state index is -4.30. The number of guanidine groups is 1. The van der Waals surface area contributed by atoms with Crippen LogP contribution in [0.3, 0.4) is 0 Å². The lowest BCUT2D eigenvalue weighted by Gasteiger charge is -2.37. The molecule has 2 rings (SSSR count). The van der Waals surface area contributed by atoms with Crippen molar-refractivity contribution in [1.29, 1.82) is 0 Å². The van der Waals surface area contributed by atoms with E-state index in [2.05, 4.69) is 27.3 Å². The normalized spacial score (nSPS) is 17.0. The maximum Gasteiger partial charge on any atom is 0.411 e. The van der Waals surface area contributed by atoms with Gasteiger partial charge < -0.3 is 20.1 Å². The van der Waals surface area contributed by atoms with E-state index in [0.29, 0.717) is 12.1 Å². The molecule has 0 bridgehead atoms. The topological polar surface area (TPSA) is 54.9 Å². The minimum absolute atomic E-state index is 0.0614. The molecule has 0 radical (unpaired) electrons. The Morgan fingerprint density at radius 1 is 1.13 bits per heavy atom. The molecule has 1 aliphatic rings. The number of hydrogen-bond donors (Lipinski definition) is 2. The van der Waals surface area contributed by atoms with E-state index in [0.717, 1.165) is 56.4 Å². The van der Waals surface area contributed by atoms with Crippen LogP contribution >= 0.6 is 11.8 Å². The zero-order chi connectivity index (χ0) is 21.9. The van der Waals surface area contributed by atoms with Crippen LogP contribution in [0.4, 0.5) is 13.2 Å². The van der Waals surface area contributed by atoms with Crippen molar-refractivity contribution in [1.82, 2.24) is 10.6 Å². The van der Waals surface area contributed by atoms with Crippen LogP contribution in [0.5, 0.6) is 0 Å². The number of nitrogens with one attached hydrogen (secondary N) is 2. The van der Waals surface area contributed by atoms with Gasteiger partial charge in [-0.05, 0) is 36.6 Å². The SMILES string of the molecule is CCNC(=NCc1ccc(COCC(F)(F)F)cc1)NCC1(SCC)CCOCC1. The molecule has 2 N–H and O–H groups in total. The highest BCUT2D eigenvalue weighted by Crippen LogP contribution is 2.34. The number of aliphatic imine (C=N–C) groups is 1. The molecule has 1 saturated heterocycles. The average molecular weight is 448 g/mol. The third-order valence-corrected chi connectivity index (χ3v) is 6.21. The van der Waals surface area contributed by atoms with Crippen molar-refractivity contribution in [3.8, 4) is 0 Å². The second-order valence-electron chi connectivity index (χ2n) is 7.20. The number of benzene rings is 1. The van der Waals surface area contributed by atoms with Gasteiger partial charge in [-0.15, -0.1) is 0 Å². The standard InChI is InChI=1S/C21H32F3N3O2S/c1-3-25-19(27-15-20(30-4-2)9-11-28-12-10-20)26-13-17-5-7-18(8-6-17)14-29-16-21(22,23)24/h5-8H,3-4,9-16H2,1-2H3,(H2,25,26,27). The van der Waals surface area contributed by atoms with Crippen LogP contribution in [0.25, 0.3) is 0 Å². The van der Waals surface area contributed by atoms with Crippen molar-refractivity contribution in [2.24, 2.45) is 4.99 Å². The van der Waals surface area contributed by atoms with Crippen molar-refractivity contribution in [2.45, 2.75) is 50.8 Å². The second kappa shape index (κ2) is 12.4. The molecule has 1 aromatic carbocycles. The monoisotopic (exact) mass is 447 g/mol. The molecule has 0 spiro atoms. The van der Waals surface area contributed by atoms with Crippen LogP contribution in [0.2, 0.25) is 0 Å². The Hall–Kier alpha value is -1.45. The highest BCUT2D eigenvalue weighted by Gasteiger charge is 2.32. The van der Waals surface area contributed by atoms with Crippen molar-refractivity contribution in [2.75, 3.05) is 38.7 Å². The molecule has 0 saturated carbocycles. The number of hydrogen-bond acceptors (Lipinski definition) is 4. The van der Waals surface area contributed by atoms with Gasteiger partial charge >= 0.3 is 6.18 Å². The maximum absolute atomic E-state index is 12.2. The number of rotatable bonds is 10. The van der Waals surface area contributed by atoms with Crippen molar-refractivity contribution >= 4 is 17.7 Å². The zero-order valence-corrected chi connectivity index (χ0v) is 18.5. The lowest BCUT2D eigenvalue weighted by atomic mass is 9.99. The van der Waals surface area contributed by atoms with Gasteiger partial charge in [-0.3, -0.25) is 0 Å². The Labute approximate surface area is 181 Å². The summed E-state index contributed by atoms with van der Waals surface area (Å²) in [5, 5.41) is 6.75. The van der Waals surface area contributed by atoms with Crippen LogP contribution in [0.15, 0.2) is 29.3 Å². The van der Waals surface area contributed by atoms with E-state index in [1.165, 1.54) is 0 Å². The number of nitrogens with zero attached hydrogens (tertiary/aromatic N) is 1. The van der Waals surface area contributed by atoms with E-state index in [4.69, 9.17) is 4.74 Å². The number of ether oxygens (including phenoxy) is 2. The lowest BCUT2D eigenvalue weighted by molar-refractivity contribution is -0.176. The average Bonchev–Trinajstić information content (AvgIpc) is 2.71. The molecule has 1 aliphatic heterocycles. The Kier molecular flexibility index (Phi) is 10.3. The van der Waals surface area contributed by atoms with Crippen LogP contribution in [-0.4, -0.2) is 55.5 Å². The van der Waals surface area contributed by atoms with E-state index in [9.17, 15) is 13.2 Å². The number of thioether (sulfide) groups is 1. The van der Waals surface area contributed by atoms with Crippen LogP contribution < -0.4 is 10.6 Å². The molecule has 5 nitrogen and oxygen atoms in total. The molecular formula is C21H32F3N3O2S. The quantitative estimate of drug-likeness (QED) is 0.417. The second-order valence-corrected chi connectivity index (χ2v) is 8.93. The van der Waals surface area contributed by atoms with Crippen molar-refractivity contribution < 1.29 is 22.6 Å². The molecule has 1 fully saturated rings. The van der Waals surface area contributed by atoms with Gasteiger partial charge in [0.2, 0.25) is 0 Å². The van der Waals surface area contributed by atoms with Gasteiger partial charge in [0.15, 0.2) is 5.96 Å². The summed E-state index contributed by atoms with van der Waals surface area (Å²) in [6.07, 6.45) is -2.26. The minimum Gasteiger partial charge on any atom is -0.381 e. The largest absolute Gasteiger partial charge is 0.411 e. The molecule has 0 aliphatic carbocycles. The molecule has 0 atom stereocenters. The summed E-state index contributed by atoms with van der Waals surface area (Å²) in [6, 6.07) is 7.28. The molecule has 0 amide bonds. The van der Waals surface area contributed by atoms with E-state index >= 15 is 0 Å². The van der Waals surface area contributed by atoms with E-state index < -0.39 is 12.8 Å². The Bertz CT molecular complexity index is 642. The molecule has 170 valence electrons. The summed E-state index contributed by atoms with van der Waals surface area (Å²) in [4.78, 5) is 4.66. The molecule has 9 heteroatoms. The molecular weight excluding hydrogens is 415 g/mol. The number of alkyl halides is 3. The van der Waals surface area contributed by atoms with Gasteiger partial charge in [0.25, 0.3) is 0 Å². The fourth-order valence-corrected chi connectivity index (χ4v) is 4.45. The first-order valence-corrected chi connectivity index (χ1v) is 11.3. The lowest BCUT2D eigenvalue weighted by Crippen LogP contribution is -2.48. The third-order valence-electron chi connectivity index (χ3n) is 4.75. The van der Waals surface area contributed by atoms with Gasteiger partial charge in [-0.1, -0.05) is 31.2 Å². The predicted octanol–water partition coefficient (Wildman–Crippen LogP) is 4.12. The summed E-state index contributed by atoms with van der Waals surface area (Å²) in [5.41, 5.74) is 1.69. The summed E-state index contributed by atoms with van der Waals surface area (Å²) >= 11 is 1.98. The van der Waals surface area contributed by atoms with E-state index in [1.807, 2.05) is 30.8 Å². The van der Waals surface area contributed by atoms with Gasteiger partial charge in [-0.2, -0.15) is 24.9 Å². The molecule has 1 aromatic rings. The maximum atomic E-state index is 12.2. The Morgan fingerprint density at radius 3 is 2.40 bits per heavy atom. The predicted molar refractivity (Wildman–Crippen MR) is 116 cm³/mol. The highest BCUT2D eigenvalue weighted by atomic mass is 32.2. The van der Waals surface area contributed by atoms with Gasteiger partial charge in [0, 0.05) is 31.1 Å². The summed E-state index contributed by atoms with van der Waals surface area (Å²) in [5.74, 6) is 1.83. The van der Waals surface area contributed by atoms with E-state index in [-0.39, 0.29) is 11.4 Å². The van der Waals surface area contributed by atoms with Gasteiger partial charge in [-0.25, -0.2) is 4.99 Å². The molecule has 30 heavy (non-hydrogen) atoms. The van der Waals surface area contributed by atoms with Crippen LogP contribution in [0, 0.1) is 0 Å². The van der Waals surface area contributed by atoms with Gasteiger partial charge in [0.05, 0.1) is 13.2 Å². The fraction of sp³-hybridized carbons (Fsp3) is 0.667. The molecule has 1 heterocycles. The summed E-state index contributed by atoms with van der Waals surface area (Å²) in [7, 11) is 0. The third kappa shape index (κ3) is 9.14. The first kappa shape index (κ1) is 24.8. The summed E-state index contributed by atoms with van der Waals surface area (Å²) < 4.78 is 46.8. The van der Waals surface area contributed by atoms with Crippen molar-refractivity contribution in [3.05, 3.63) is 35.4 Å². The van der Waals surface area contributed by atoms with Crippen LogP contribution in [-0.2, 0) is 22.6 Å². The molecule has 0 aromatic heterocycles. The summed E-state index contributed by atoms with van der Waals surface area (Å²) in [6.45, 7) is 6.57. The first-order valence-electron chi connectivity index (χ1n) is 10.3. The smallest absolute Gasteiger partial charge is 0.381 e. The molecule has 0 unspecified atom stereocenters. The Morgan fingerprint density at radius 2 is 1.80 bits per heavy atom. The number of halogens is 3. The zero-order valence-electron chi connectivity index (χ0n) is 17.7.